The summed E-state index contributed by atoms with van der Waals surface area (Å²) in [6.07, 6.45) is 4.37. The van der Waals surface area contributed by atoms with Crippen molar-refractivity contribution in [2.45, 2.75) is 32.1 Å². The number of hydrogen-bond acceptors (Lipinski definition) is 5. The Kier molecular flexibility index (Phi) is 7.57. The molecule has 1 radical (unpaired) electrons. The predicted octanol–water partition coefficient (Wildman–Crippen LogP) is 3.94. The molecule has 28 heavy (non-hydrogen) atoms. The molecular weight excluding hydrogens is 352 g/mol. The zero-order chi connectivity index (χ0) is 19.6. The summed E-state index contributed by atoms with van der Waals surface area (Å²) in [5.41, 5.74) is 2.01. The molecule has 0 unspecified atom stereocenters. The third-order valence-electron chi connectivity index (χ3n) is 4.84. The fraction of sp³-hybridized carbons (Fsp3) is 0.435. The van der Waals surface area contributed by atoms with Gasteiger partial charge in [-0.05, 0) is 62.2 Å². The molecule has 1 fully saturated rings. The number of aromatic hydroxyl groups is 1. The van der Waals surface area contributed by atoms with Crippen LogP contribution in [0.15, 0.2) is 36.4 Å². The Hall–Kier alpha value is -2.71. The molecule has 3 rings (SSSR count). The highest BCUT2D eigenvalue weighted by Gasteiger charge is 2.11. The maximum Gasteiger partial charge on any atom is 0.127 e. The van der Waals surface area contributed by atoms with E-state index in [0.717, 1.165) is 23.4 Å². The van der Waals surface area contributed by atoms with Crippen LogP contribution in [0, 0.1) is 17.4 Å². The maximum absolute atomic E-state index is 9.72. The minimum atomic E-state index is 0.126. The van der Waals surface area contributed by atoms with Crippen LogP contribution in [-0.4, -0.2) is 42.9 Å². The zero-order valence-electron chi connectivity index (χ0n) is 16.2. The third kappa shape index (κ3) is 6.17. The van der Waals surface area contributed by atoms with Crippen molar-refractivity contribution < 1.29 is 14.6 Å². The molecule has 0 aromatic heterocycles. The second-order valence-electron chi connectivity index (χ2n) is 7.03. The topological polar surface area (TPSA) is 65.7 Å². The van der Waals surface area contributed by atoms with Crippen molar-refractivity contribution in [2.24, 2.45) is 0 Å². The molecule has 1 saturated heterocycles. The number of ether oxygens (including phenoxy) is 2. The van der Waals surface area contributed by atoms with E-state index in [1.807, 2.05) is 24.3 Å². The summed E-state index contributed by atoms with van der Waals surface area (Å²) in [6.45, 7) is 4.52. The number of phenolic OH excluding ortho intramolecular Hbond substituents is 1. The minimum Gasteiger partial charge on any atom is -0.508 e. The summed E-state index contributed by atoms with van der Waals surface area (Å²) < 4.78 is 11.6. The van der Waals surface area contributed by atoms with Crippen molar-refractivity contribution in [1.82, 2.24) is 4.90 Å². The standard InChI is InChI=1S/C23H27N2O3/c24-11-1-4-15-28-23-18-21(26)8-7-20(23)17-19-5-9-22(10-6-19)27-16-14-25-12-2-3-13-25/h5-6,8-10,18,26H,1-4,12-17H2. The summed E-state index contributed by atoms with van der Waals surface area (Å²) in [6, 6.07) is 16.4. The second-order valence-corrected chi connectivity index (χ2v) is 7.03. The van der Waals surface area contributed by atoms with E-state index in [0.29, 0.717) is 38.2 Å². The largest absolute Gasteiger partial charge is 0.508 e. The summed E-state index contributed by atoms with van der Waals surface area (Å²) in [5, 5.41) is 18.3. The first-order chi connectivity index (χ1) is 13.7. The quantitative estimate of drug-likeness (QED) is 0.634. The predicted molar refractivity (Wildman–Crippen MR) is 108 cm³/mol. The Balaban J connectivity index is 1.53. The number of likely N-dealkylation sites (tertiary alicyclic amines) is 1. The molecule has 0 saturated carbocycles. The lowest BCUT2D eigenvalue weighted by atomic mass is 10.0. The van der Waals surface area contributed by atoms with E-state index < -0.39 is 0 Å². The van der Waals surface area contributed by atoms with E-state index in [2.05, 4.69) is 17.0 Å². The van der Waals surface area contributed by atoms with Crippen LogP contribution in [-0.2, 0) is 6.42 Å². The van der Waals surface area contributed by atoms with Crippen LogP contribution in [0.2, 0.25) is 0 Å². The molecule has 2 aromatic carbocycles. The van der Waals surface area contributed by atoms with Gasteiger partial charge in [0.15, 0.2) is 0 Å². The van der Waals surface area contributed by atoms with Crippen LogP contribution in [0.4, 0.5) is 0 Å². The van der Waals surface area contributed by atoms with Crippen molar-refractivity contribution in [3.05, 3.63) is 53.6 Å². The Morgan fingerprint density at radius 3 is 2.64 bits per heavy atom. The Bertz CT molecular complexity index is 777. The molecule has 0 atom stereocenters. The van der Waals surface area contributed by atoms with Crippen LogP contribution in [0.1, 0.15) is 36.8 Å². The molecule has 2 aromatic rings. The molecule has 1 N–H and O–H groups in total. The molecule has 1 aliphatic rings. The lowest BCUT2D eigenvalue weighted by molar-refractivity contribution is 0.238. The van der Waals surface area contributed by atoms with Gasteiger partial charge in [-0.3, -0.25) is 4.90 Å². The highest BCUT2D eigenvalue weighted by Crippen LogP contribution is 2.27. The van der Waals surface area contributed by atoms with Crippen LogP contribution in [0.3, 0.4) is 0 Å². The maximum atomic E-state index is 9.72. The van der Waals surface area contributed by atoms with E-state index in [1.54, 1.807) is 12.1 Å². The normalized spacial score (nSPS) is 14.0. The first-order valence-electron chi connectivity index (χ1n) is 9.92. The first-order valence-corrected chi connectivity index (χ1v) is 9.92. The van der Waals surface area contributed by atoms with Crippen LogP contribution >= 0.6 is 0 Å². The van der Waals surface area contributed by atoms with E-state index in [9.17, 15) is 5.11 Å². The highest BCUT2D eigenvalue weighted by atomic mass is 16.5. The molecular formula is C23H27N2O3. The van der Waals surface area contributed by atoms with Gasteiger partial charge in [-0.15, -0.1) is 0 Å². The molecule has 147 valence electrons. The Labute approximate surface area is 167 Å². The number of benzene rings is 2. The van der Waals surface area contributed by atoms with Gasteiger partial charge >= 0.3 is 0 Å². The number of rotatable bonds is 10. The molecule has 0 aliphatic carbocycles. The minimum absolute atomic E-state index is 0.126. The number of phenols is 1. The van der Waals surface area contributed by atoms with Gasteiger partial charge in [0.2, 0.25) is 0 Å². The van der Waals surface area contributed by atoms with Crippen molar-refractivity contribution in [2.75, 3.05) is 32.8 Å². The van der Waals surface area contributed by atoms with Gasteiger partial charge in [-0.25, -0.2) is 0 Å². The highest BCUT2D eigenvalue weighted by molar-refractivity contribution is 5.42. The number of nitriles is 1. The lowest BCUT2D eigenvalue weighted by Crippen LogP contribution is -2.25. The molecule has 0 bridgehead atoms. The van der Waals surface area contributed by atoms with Gasteiger partial charge in [0.25, 0.3) is 0 Å². The third-order valence-corrected chi connectivity index (χ3v) is 4.84. The van der Waals surface area contributed by atoms with Crippen molar-refractivity contribution in [3.63, 3.8) is 0 Å². The average molecular weight is 379 g/mol. The van der Waals surface area contributed by atoms with E-state index in [-0.39, 0.29) is 5.75 Å². The molecule has 5 heteroatoms. The van der Waals surface area contributed by atoms with Gasteiger partial charge in [-0.1, -0.05) is 12.1 Å². The summed E-state index contributed by atoms with van der Waals surface area (Å²) in [4.78, 5) is 2.44. The van der Waals surface area contributed by atoms with Gasteiger partial charge in [0.1, 0.15) is 23.9 Å². The second kappa shape index (κ2) is 10.6. The molecule has 0 spiro atoms. The molecule has 1 aliphatic heterocycles. The smallest absolute Gasteiger partial charge is 0.127 e. The fourth-order valence-corrected chi connectivity index (χ4v) is 3.30. The number of unbranched alkanes of at least 4 members (excludes halogenated alkanes) is 1. The van der Waals surface area contributed by atoms with Gasteiger partial charge in [0.05, 0.1) is 12.7 Å². The summed E-state index contributed by atoms with van der Waals surface area (Å²) >= 11 is 0. The van der Waals surface area contributed by atoms with Crippen LogP contribution in [0.5, 0.6) is 17.2 Å². The summed E-state index contributed by atoms with van der Waals surface area (Å²) in [7, 11) is 0. The zero-order valence-corrected chi connectivity index (χ0v) is 16.2. The van der Waals surface area contributed by atoms with Crippen LogP contribution < -0.4 is 9.47 Å². The van der Waals surface area contributed by atoms with Gasteiger partial charge in [0, 0.05) is 31.0 Å². The summed E-state index contributed by atoms with van der Waals surface area (Å²) in [5.74, 6) is 1.62. The number of hydrogen-bond donors (Lipinski definition) is 1. The SMILES string of the molecule is N#CCCCOc1cc(O)c[c]c1Cc1ccc(OCCN2CCCC2)cc1. The monoisotopic (exact) mass is 379 g/mol. The van der Waals surface area contributed by atoms with Gasteiger partial charge in [-0.2, -0.15) is 5.26 Å². The molecule has 1 heterocycles. The van der Waals surface area contributed by atoms with Crippen LogP contribution in [0.25, 0.3) is 0 Å². The van der Waals surface area contributed by atoms with E-state index in [4.69, 9.17) is 14.7 Å². The van der Waals surface area contributed by atoms with Crippen molar-refractivity contribution >= 4 is 0 Å². The Morgan fingerprint density at radius 1 is 1.11 bits per heavy atom. The average Bonchev–Trinajstić information content (AvgIpc) is 3.22. The Morgan fingerprint density at radius 2 is 1.89 bits per heavy atom. The fourth-order valence-electron chi connectivity index (χ4n) is 3.30. The van der Waals surface area contributed by atoms with E-state index in [1.165, 1.54) is 25.9 Å². The van der Waals surface area contributed by atoms with Crippen molar-refractivity contribution in [3.8, 4) is 23.3 Å². The van der Waals surface area contributed by atoms with E-state index >= 15 is 0 Å². The molecule has 5 nitrogen and oxygen atoms in total. The number of nitrogens with zero attached hydrogens (tertiary/aromatic N) is 2. The lowest BCUT2D eigenvalue weighted by Gasteiger charge is -2.15. The van der Waals surface area contributed by atoms with Crippen molar-refractivity contribution in [1.29, 1.82) is 5.26 Å². The molecule has 0 amide bonds. The van der Waals surface area contributed by atoms with Gasteiger partial charge < -0.3 is 14.6 Å². The first kappa shape index (κ1) is 20.0.